The van der Waals surface area contributed by atoms with Crippen molar-refractivity contribution >= 4 is 11.7 Å². The topological polar surface area (TPSA) is 86.5 Å². The maximum atomic E-state index is 12.2. The Bertz CT molecular complexity index is 876. The highest BCUT2D eigenvalue weighted by Gasteiger charge is 2.15. The monoisotopic (exact) mass is 339 g/mol. The van der Waals surface area contributed by atoms with E-state index in [1.165, 1.54) is 0 Å². The maximum absolute atomic E-state index is 12.2. The first-order chi connectivity index (χ1) is 12.2. The van der Waals surface area contributed by atoms with E-state index in [2.05, 4.69) is 15.5 Å². The number of carbonyl (C=O) groups excluding carboxylic acids is 1. The van der Waals surface area contributed by atoms with E-state index in [1.807, 2.05) is 24.3 Å². The molecule has 2 aromatic carbocycles. The molecule has 25 heavy (non-hydrogen) atoms. The fourth-order valence-electron chi connectivity index (χ4n) is 2.28. The molecular formula is C18H17N3O4. The highest BCUT2D eigenvalue weighted by atomic mass is 16.6. The molecule has 0 bridgehead atoms. The third-order valence-electron chi connectivity index (χ3n) is 3.54. The zero-order valence-electron chi connectivity index (χ0n) is 13.9. The summed E-state index contributed by atoms with van der Waals surface area (Å²) in [6.07, 6.45) is 0. The van der Waals surface area contributed by atoms with E-state index in [-0.39, 0.29) is 12.5 Å². The number of anilines is 1. The predicted molar refractivity (Wildman–Crippen MR) is 91.4 cm³/mol. The number of aromatic nitrogens is 2. The lowest BCUT2D eigenvalue weighted by Gasteiger charge is -2.07. The van der Waals surface area contributed by atoms with E-state index in [9.17, 15) is 4.79 Å². The van der Waals surface area contributed by atoms with Gasteiger partial charge in [-0.15, -0.1) is 0 Å². The Kier molecular flexibility index (Phi) is 4.94. The number of nitrogens with one attached hydrogen (secondary N) is 1. The second-order valence-electron chi connectivity index (χ2n) is 5.12. The van der Waals surface area contributed by atoms with Crippen molar-refractivity contribution in [3.05, 3.63) is 60.0 Å². The smallest absolute Gasteiger partial charge is 0.340 e. The van der Waals surface area contributed by atoms with Gasteiger partial charge in [-0.3, -0.25) is 0 Å². The second kappa shape index (κ2) is 7.48. The van der Waals surface area contributed by atoms with Crippen molar-refractivity contribution < 1.29 is 18.8 Å². The summed E-state index contributed by atoms with van der Waals surface area (Å²) in [5.74, 6) is 0.846. The van der Waals surface area contributed by atoms with Gasteiger partial charge < -0.3 is 19.3 Å². The van der Waals surface area contributed by atoms with Gasteiger partial charge in [-0.1, -0.05) is 29.4 Å². The minimum Gasteiger partial charge on any atom is -0.497 e. The zero-order valence-corrected chi connectivity index (χ0v) is 13.9. The number of nitrogens with zero attached hydrogens (tertiary/aromatic N) is 2. The van der Waals surface area contributed by atoms with E-state index in [0.29, 0.717) is 22.8 Å². The lowest BCUT2D eigenvalue weighted by atomic mass is 10.2. The van der Waals surface area contributed by atoms with Crippen molar-refractivity contribution in [2.45, 2.75) is 6.61 Å². The van der Waals surface area contributed by atoms with Gasteiger partial charge in [0.25, 0.3) is 5.89 Å². The Hall–Kier alpha value is -3.35. The van der Waals surface area contributed by atoms with Crippen LogP contribution in [0.4, 0.5) is 5.69 Å². The Morgan fingerprint density at radius 2 is 2.04 bits per heavy atom. The zero-order chi connectivity index (χ0) is 17.6. The number of ether oxygens (including phenoxy) is 2. The van der Waals surface area contributed by atoms with Crippen LogP contribution in [-0.4, -0.2) is 30.3 Å². The molecule has 0 saturated heterocycles. The van der Waals surface area contributed by atoms with E-state index >= 15 is 0 Å². The largest absolute Gasteiger partial charge is 0.497 e. The highest BCUT2D eigenvalue weighted by Crippen LogP contribution is 2.21. The molecule has 0 aliphatic heterocycles. The minimum absolute atomic E-state index is 0.103. The van der Waals surface area contributed by atoms with E-state index in [4.69, 9.17) is 14.0 Å². The molecule has 3 rings (SSSR count). The quantitative estimate of drug-likeness (QED) is 0.690. The van der Waals surface area contributed by atoms with Crippen molar-refractivity contribution in [2.75, 3.05) is 19.5 Å². The third-order valence-corrected chi connectivity index (χ3v) is 3.54. The normalized spacial score (nSPS) is 10.3. The lowest BCUT2D eigenvalue weighted by Crippen LogP contribution is -2.08. The predicted octanol–water partition coefficient (Wildman–Crippen LogP) is 3.14. The van der Waals surface area contributed by atoms with Crippen molar-refractivity contribution in [3.63, 3.8) is 0 Å². The van der Waals surface area contributed by atoms with Gasteiger partial charge in [0, 0.05) is 18.3 Å². The Balaban J connectivity index is 1.68. The van der Waals surface area contributed by atoms with Gasteiger partial charge in [-0.05, 0) is 24.3 Å². The Morgan fingerprint density at radius 1 is 1.20 bits per heavy atom. The first kappa shape index (κ1) is 16.5. The van der Waals surface area contributed by atoms with Crippen molar-refractivity contribution in [2.24, 2.45) is 0 Å². The number of esters is 1. The van der Waals surface area contributed by atoms with Gasteiger partial charge in [-0.2, -0.15) is 4.98 Å². The average Bonchev–Trinajstić information content (AvgIpc) is 3.15. The molecule has 128 valence electrons. The molecule has 3 aromatic rings. The third kappa shape index (κ3) is 3.77. The fraction of sp³-hybridized carbons (Fsp3) is 0.167. The van der Waals surface area contributed by atoms with Gasteiger partial charge in [0.05, 0.1) is 12.7 Å². The Morgan fingerprint density at radius 3 is 2.84 bits per heavy atom. The van der Waals surface area contributed by atoms with Crippen LogP contribution in [0.15, 0.2) is 53.1 Å². The second-order valence-corrected chi connectivity index (χ2v) is 5.12. The summed E-state index contributed by atoms with van der Waals surface area (Å²) in [6.45, 7) is -0.103. The maximum Gasteiger partial charge on any atom is 0.340 e. The number of rotatable bonds is 6. The molecule has 1 N–H and O–H groups in total. The van der Waals surface area contributed by atoms with Crippen LogP contribution in [0.5, 0.6) is 5.75 Å². The molecule has 0 aliphatic rings. The van der Waals surface area contributed by atoms with Gasteiger partial charge in [0.1, 0.15) is 5.75 Å². The number of hydrogen-bond donors (Lipinski definition) is 1. The summed E-state index contributed by atoms with van der Waals surface area (Å²) in [5.41, 5.74) is 1.88. The molecule has 1 heterocycles. The van der Waals surface area contributed by atoms with Gasteiger partial charge >= 0.3 is 5.97 Å². The number of hydrogen-bond acceptors (Lipinski definition) is 7. The Labute approximate surface area is 144 Å². The van der Waals surface area contributed by atoms with E-state index in [0.717, 1.165) is 5.56 Å². The number of methoxy groups -OCH3 is 1. The van der Waals surface area contributed by atoms with Crippen LogP contribution in [0.3, 0.4) is 0 Å². The molecule has 7 heteroatoms. The number of para-hydroxylation sites is 1. The summed E-state index contributed by atoms with van der Waals surface area (Å²) in [5, 5.41) is 6.85. The highest BCUT2D eigenvalue weighted by molar-refractivity contribution is 5.95. The van der Waals surface area contributed by atoms with Crippen molar-refractivity contribution in [1.29, 1.82) is 0 Å². The van der Waals surface area contributed by atoms with Crippen LogP contribution in [0, 0.1) is 0 Å². The van der Waals surface area contributed by atoms with Crippen molar-refractivity contribution in [3.8, 4) is 17.1 Å². The van der Waals surface area contributed by atoms with E-state index < -0.39 is 5.97 Å². The summed E-state index contributed by atoms with van der Waals surface area (Å²) >= 11 is 0. The molecule has 0 atom stereocenters. The van der Waals surface area contributed by atoms with Crippen LogP contribution < -0.4 is 10.1 Å². The fourth-order valence-corrected chi connectivity index (χ4v) is 2.28. The van der Waals surface area contributed by atoms with Crippen LogP contribution in [0.1, 0.15) is 16.2 Å². The van der Waals surface area contributed by atoms with Gasteiger partial charge in [0.2, 0.25) is 5.82 Å². The number of carbonyl (C=O) groups is 1. The SMILES string of the molecule is CNc1ccccc1C(=O)OCc1nc(-c2cccc(OC)c2)no1. The lowest BCUT2D eigenvalue weighted by molar-refractivity contribution is 0.0431. The van der Waals surface area contributed by atoms with Crippen molar-refractivity contribution in [1.82, 2.24) is 10.1 Å². The van der Waals surface area contributed by atoms with Crippen LogP contribution in [0.25, 0.3) is 11.4 Å². The van der Waals surface area contributed by atoms with Crippen LogP contribution >= 0.6 is 0 Å². The molecule has 0 amide bonds. The van der Waals surface area contributed by atoms with Gasteiger partial charge in [0.15, 0.2) is 6.61 Å². The average molecular weight is 339 g/mol. The van der Waals surface area contributed by atoms with E-state index in [1.54, 1.807) is 38.4 Å². The first-order valence-electron chi connectivity index (χ1n) is 7.62. The minimum atomic E-state index is -0.467. The first-order valence-corrected chi connectivity index (χ1v) is 7.62. The molecule has 0 saturated carbocycles. The number of benzene rings is 2. The standard InChI is InChI=1S/C18H17N3O4/c1-19-15-9-4-3-8-14(15)18(22)24-11-16-20-17(21-25-16)12-6-5-7-13(10-12)23-2/h3-10,19H,11H2,1-2H3. The molecule has 0 spiro atoms. The summed E-state index contributed by atoms with van der Waals surface area (Å²) in [6, 6.07) is 14.4. The van der Waals surface area contributed by atoms with Crippen LogP contribution in [0.2, 0.25) is 0 Å². The molecule has 1 aromatic heterocycles. The molecule has 0 unspecified atom stereocenters. The molecule has 7 nitrogen and oxygen atoms in total. The summed E-state index contributed by atoms with van der Waals surface area (Å²) in [4.78, 5) is 16.4. The molecular weight excluding hydrogens is 322 g/mol. The molecule has 0 fully saturated rings. The van der Waals surface area contributed by atoms with Crippen LogP contribution in [-0.2, 0) is 11.3 Å². The molecule has 0 radical (unpaired) electrons. The summed E-state index contributed by atoms with van der Waals surface area (Å²) < 4.78 is 15.6. The molecule has 0 aliphatic carbocycles. The summed E-state index contributed by atoms with van der Waals surface area (Å²) in [7, 11) is 3.33. The van der Waals surface area contributed by atoms with Gasteiger partial charge in [-0.25, -0.2) is 4.79 Å².